The van der Waals surface area contributed by atoms with Crippen LogP contribution in [0.3, 0.4) is 0 Å². The van der Waals surface area contributed by atoms with Gasteiger partial charge in [0.25, 0.3) is 0 Å². The largest absolute Gasteiger partial charge is 0.353 e. The molecule has 4 atom stereocenters. The molecule has 1 nitrogen and oxygen atoms in total. The van der Waals surface area contributed by atoms with E-state index in [0.717, 1.165) is 0 Å². The van der Waals surface area contributed by atoms with E-state index in [1.165, 1.54) is 0 Å². The Hall–Kier alpha value is 0.0400. The van der Waals surface area contributed by atoms with E-state index in [1.807, 2.05) is 19.7 Å². The Morgan fingerprint density at radius 2 is 1.83 bits per heavy atom. The van der Waals surface area contributed by atoms with Gasteiger partial charge in [-0.25, -0.2) is 0 Å². The smallest absolute Gasteiger partial charge is 0.217 e. The van der Waals surface area contributed by atoms with Crippen LogP contribution in [-0.2, 0) is 0 Å². The average Bonchev–Trinajstić information content (AvgIpc) is 1.98. The Kier molecular flexibility index (Phi) is 5.66. The van der Waals surface area contributed by atoms with Gasteiger partial charge < -0.3 is 5.11 Å². The number of rotatable bonds is 4. The third kappa shape index (κ3) is 4.83. The highest BCUT2D eigenvalue weighted by molar-refractivity contribution is 7.58. The molecule has 3 heteroatoms. The van der Waals surface area contributed by atoms with Crippen molar-refractivity contribution in [3.8, 4) is 0 Å². The first-order valence-electron chi connectivity index (χ1n) is 3.88. The normalized spacial score (nSPS) is 19.0. The maximum absolute atomic E-state index is 9.61. The van der Waals surface area contributed by atoms with Gasteiger partial charge in [-0.2, -0.15) is 0 Å². The summed E-state index contributed by atoms with van der Waals surface area (Å²) in [7, 11) is -0.723. The number of aliphatic hydroxyl groups is 1. The van der Waals surface area contributed by atoms with Crippen molar-refractivity contribution in [1.82, 2.24) is 0 Å². The van der Waals surface area contributed by atoms with Gasteiger partial charge in [-0.05, 0) is 6.08 Å². The SMILES string of the molecule is C=[P+](C)C=CC(C)C(O)[P+](=C)C. The van der Waals surface area contributed by atoms with Crippen molar-refractivity contribution in [1.29, 1.82) is 0 Å². The molecule has 12 heavy (non-hydrogen) atoms. The molecule has 0 aromatic carbocycles. The van der Waals surface area contributed by atoms with Crippen molar-refractivity contribution in [3.63, 3.8) is 0 Å². The lowest BCUT2D eigenvalue weighted by molar-refractivity contribution is 0.222. The maximum atomic E-state index is 9.61. The second-order valence-corrected chi connectivity index (χ2v) is 6.98. The molecular weight excluding hydrogens is 186 g/mol. The van der Waals surface area contributed by atoms with Gasteiger partial charge in [-0.15, -0.1) is 0 Å². The van der Waals surface area contributed by atoms with Crippen LogP contribution in [0.25, 0.3) is 0 Å². The fraction of sp³-hybridized carbons (Fsp3) is 0.556. The predicted molar refractivity (Wildman–Crippen MR) is 64.2 cm³/mol. The molecule has 0 radical (unpaired) electrons. The Labute approximate surface area is 77.3 Å². The van der Waals surface area contributed by atoms with Crippen molar-refractivity contribution >= 4 is 27.7 Å². The molecule has 0 aliphatic heterocycles. The zero-order valence-corrected chi connectivity index (χ0v) is 9.85. The molecule has 0 heterocycles. The Morgan fingerprint density at radius 1 is 1.33 bits per heavy atom. The quantitative estimate of drug-likeness (QED) is 0.698. The minimum Gasteiger partial charge on any atom is -0.353 e. The van der Waals surface area contributed by atoms with Crippen LogP contribution >= 0.6 is 15.1 Å². The molecule has 0 amide bonds. The Morgan fingerprint density at radius 3 is 2.17 bits per heavy atom. The fourth-order valence-electron chi connectivity index (χ4n) is 0.783. The van der Waals surface area contributed by atoms with Crippen LogP contribution in [0.4, 0.5) is 0 Å². The topological polar surface area (TPSA) is 20.2 Å². The summed E-state index contributed by atoms with van der Waals surface area (Å²) in [5.74, 6) is 2.03. The molecular formula is C9H18OP2+2. The van der Waals surface area contributed by atoms with Crippen LogP contribution in [-0.4, -0.2) is 36.9 Å². The van der Waals surface area contributed by atoms with E-state index >= 15 is 0 Å². The molecule has 0 spiro atoms. The van der Waals surface area contributed by atoms with Crippen LogP contribution in [0.1, 0.15) is 6.92 Å². The predicted octanol–water partition coefficient (Wildman–Crippen LogP) is 2.54. The van der Waals surface area contributed by atoms with Gasteiger partial charge >= 0.3 is 0 Å². The van der Waals surface area contributed by atoms with E-state index < -0.39 is 7.55 Å². The van der Waals surface area contributed by atoms with Gasteiger partial charge in [-0.1, -0.05) is 6.92 Å². The summed E-state index contributed by atoms with van der Waals surface area (Å²) >= 11 is 0. The standard InChI is InChI=1S/C9H18OP2/c1-8(6-7-11(2)3)9(10)12(4)5/h6-10H,2,4H2,1,3,5H3/q+2. The zero-order chi connectivity index (χ0) is 9.72. The third-order valence-electron chi connectivity index (χ3n) is 1.57. The monoisotopic (exact) mass is 204 g/mol. The molecule has 1 N–H and O–H groups in total. The lowest BCUT2D eigenvalue weighted by atomic mass is 10.2. The summed E-state index contributed by atoms with van der Waals surface area (Å²) < 4.78 is 0. The van der Waals surface area contributed by atoms with Crippen molar-refractivity contribution in [2.45, 2.75) is 12.8 Å². The average molecular weight is 204 g/mol. The van der Waals surface area contributed by atoms with Crippen LogP contribution in [0.2, 0.25) is 0 Å². The molecule has 4 unspecified atom stereocenters. The zero-order valence-electron chi connectivity index (χ0n) is 8.07. The highest BCUT2D eigenvalue weighted by atomic mass is 31.1. The molecule has 0 aliphatic rings. The highest BCUT2D eigenvalue weighted by Crippen LogP contribution is 2.28. The summed E-state index contributed by atoms with van der Waals surface area (Å²) in [6, 6.07) is 0. The molecule has 0 aliphatic carbocycles. The van der Waals surface area contributed by atoms with Gasteiger partial charge in [-0.3, -0.25) is 0 Å². The lowest BCUT2D eigenvalue weighted by Gasteiger charge is -2.05. The van der Waals surface area contributed by atoms with Gasteiger partial charge in [0.05, 0.1) is 19.3 Å². The number of hydrogen-bond donors (Lipinski definition) is 1. The molecule has 0 saturated heterocycles. The van der Waals surface area contributed by atoms with E-state index in [4.69, 9.17) is 0 Å². The van der Waals surface area contributed by atoms with Gasteiger partial charge in [0.2, 0.25) is 5.85 Å². The summed E-state index contributed by atoms with van der Waals surface area (Å²) in [4.78, 5) is 0. The lowest BCUT2D eigenvalue weighted by Crippen LogP contribution is -2.10. The van der Waals surface area contributed by atoms with Crippen LogP contribution in [0.5, 0.6) is 0 Å². The van der Waals surface area contributed by atoms with E-state index in [0.29, 0.717) is 0 Å². The van der Waals surface area contributed by atoms with Gasteiger partial charge in [0, 0.05) is 5.92 Å². The summed E-state index contributed by atoms with van der Waals surface area (Å²) in [6.45, 7) is 6.09. The van der Waals surface area contributed by atoms with Crippen molar-refractivity contribution in [2.75, 3.05) is 13.3 Å². The second kappa shape index (κ2) is 5.65. The molecule has 0 fully saturated rings. The second-order valence-electron chi connectivity index (χ2n) is 3.13. The molecule has 0 bridgehead atoms. The van der Waals surface area contributed by atoms with Crippen molar-refractivity contribution in [2.24, 2.45) is 5.92 Å². The molecule has 68 valence electrons. The fourth-order valence-corrected chi connectivity index (χ4v) is 2.25. The molecule has 0 aromatic heterocycles. The first-order chi connectivity index (χ1) is 5.45. The molecule has 0 aromatic rings. The summed E-state index contributed by atoms with van der Waals surface area (Å²) in [5, 5.41) is 9.61. The highest BCUT2D eigenvalue weighted by Gasteiger charge is 2.20. The molecule has 0 rings (SSSR count). The minimum atomic E-state index is -0.491. The van der Waals surface area contributed by atoms with Crippen LogP contribution in [0.15, 0.2) is 11.9 Å². The van der Waals surface area contributed by atoms with Crippen molar-refractivity contribution < 1.29 is 5.11 Å². The van der Waals surface area contributed by atoms with E-state index in [9.17, 15) is 5.11 Å². The summed E-state index contributed by atoms with van der Waals surface area (Å²) in [5.41, 5.74) is 0. The first-order valence-corrected chi connectivity index (χ1v) is 7.97. The molecule has 0 saturated carbocycles. The van der Waals surface area contributed by atoms with E-state index in [-0.39, 0.29) is 19.3 Å². The first kappa shape index (κ1) is 12.0. The number of hydrogen-bond acceptors (Lipinski definition) is 1. The van der Waals surface area contributed by atoms with Gasteiger partial charge in [0.1, 0.15) is 27.6 Å². The van der Waals surface area contributed by atoms with E-state index in [1.54, 1.807) is 0 Å². The van der Waals surface area contributed by atoms with Crippen LogP contribution < -0.4 is 0 Å². The Balaban J connectivity index is 4.12. The van der Waals surface area contributed by atoms with Crippen molar-refractivity contribution in [3.05, 3.63) is 11.9 Å². The van der Waals surface area contributed by atoms with Gasteiger partial charge in [0.15, 0.2) is 0 Å². The summed E-state index contributed by atoms with van der Waals surface area (Å²) in [6.07, 6.45) is 9.81. The van der Waals surface area contributed by atoms with E-state index in [2.05, 4.69) is 25.1 Å². The number of aliphatic hydroxyl groups excluding tert-OH is 1. The Bertz CT molecular complexity index is 209. The van der Waals surface area contributed by atoms with Crippen LogP contribution in [0, 0.1) is 5.92 Å². The maximum Gasteiger partial charge on any atom is 0.217 e. The third-order valence-corrected chi connectivity index (χ3v) is 3.62. The minimum absolute atomic E-state index is 0.213.